The summed E-state index contributed by atoms with van der Waals surface area (Å²) < 4.78 is 2.88. The Balaban J connectivity index is 2.00. The Morgan fingerprint density at radius 3 is 2.15 bits per heavy atom. The van der Waals surface area contributed by atoms with E-state index in [4.69, 9.17) is 62.7 Å². The molecule has 2 aromatic carbocycles. The number of halogens is 5. The van der Waals surface area contributed by atoms with E-state index in [0.717, 1.165) is 0 Å². The third kappa shape index (κ3) is 7.16. The molecule has 6 nitrogen and oxygen atoms in total. The molecule has 2 rings (SSSR count). The van der Waals surface area contributed by atoms with Crippen LogP contribution < -0.4 is 16.0 Å². The van der Waals surface area contributed by atoms with Crippen LogP contribution in [0, 0.1) is 0 Å². The van der Waals surface area contributed by atoms with Crippen LogP contribution in [-0.4, -0.2) is 22.1 Å². The number of alkyl halides is 3. The second-order valence-corrected chi connectivity index (χ2v) is 8.23. The molecule has 3 amide bonds. The number of carbonyl (C=O) groups excluding carboxylic acids is 2. The summed E-state index contributed by atoms with van der Waals surface area (Å²) in [5.41, 5.74) is 0.796. The van der Waals surface area contributed by atoms with Crippen molar-refractivity contribution in [3.05, 3.63) is 58.6 Å². The van der Waals surface area contributed by atoms with Gasteiger partial charge in [-0.3, -0.25) is 10.6 Å². The van der Waals surface area contributed by atoms with Gasteiger partial charge < -0.3 is 10.1 Å². The highest BCUT2D eigenvalue weighted by Crippen LogP contribution is 2.31. The molecule has 1 atom stereocenters. The van der Waals surface area contributed by atoms with Crippen LogP contribution in [0.4, 0.5) is 21.0 Å². The van der Waals surface area contributed by atoms with E-state index >= 15 is 0 Å². The van der Waals surface area contributed by atoms with E-state index in [9.17, 15) is 9.59 Å². The third-order valence-electron chi connectivity index (χ3n) is 2.98. The molecule has 3 N–H and O–H groups in total. The summed E-state index contributed by atoms with van der Waals surface area (Å²) in [7, 11) is 0. The van der Waals surface area contributed by atoms with E-state index in [1.807, 2.05) is 0 Å². The molecule has 1 unspecified atom stereocenters. The highest BCUT2D eigenvalue weighted by Gasteiger charge is 2.37. The molecule has 27 heavy (non-hydrogen) atoms. The number of hydrogen-bond acceptors (Lipinski definition) is 3. The quantitative estimate of drug-likeness (QED) is 0.375. The lowest BCUT2D eigenvalue weighted by atomic mass is 10.3. The predicted octanol–water partition coefficient (Wildman–Crippen LogP) is 6.06. The number of carbonyl (C=O) groups is 2. The highest BCUT2D eigenvalue weighted by atomic mass is 35.6. The molecular weight excluding hydrogens is 459 g/mol. The van der Waals surface area contributed by atoms with Gasteiger partial charge >= 0.3 is 12.1 Å². The Morgan fingerprint density at radius 1 is 0.889 bits per heavy atom. The standard InChI is InChI=1S/C16H12Cl5N3O3/c17-11-7-6-10(8-12(11)18)23-15(26)27-13(16(19,20)21)24-14(25)22-9-4-2-1-3-5-9/h1-8,13H,(H,23,26)(H2,22,24,25). The van der Waals surface area contributed by atoms with Crippen LogP contribution in [0.1, 0.15) is 0 Å². The first kappa shape index (κ1) is 21.7. The lowest BCUT2D eigenvalue weighted by molar-refractivity contribution is 0.0985. The average molecular weight is 472 g/mol. The Hall–Kier alpha value is -1.57. The van der Waals surface area contributed by atoms with Gasteiger partial charge in [-0.25, -0.2) is 9.59 Å². The van der Waals surface area contributed by atoms with Gasteiger partial charge in [0, 0.05) is 11.4 Å². The predicted molar refractivity (Wildman–Crippen MR) is 109 cm³/mol. The molecule has 0 aliphatic heterocycles. The Morgan fingerprint density at radius 2 is 1.56 bits per heavy atom. The van der Waals surface area contributed by atoms with Gasteiger partial charge in [0.25, 0.3) is 0 Å². The van der Waals surface area contributed by atoms with Gasteiger partial charge in [-0.2, -0.15) is 0 Å². The molecule has 144 valence electrons. The van der Waals surface area contributed by atoms with Crippen molar-refractivity contribution in [2.24, 2.45) is 0 Å². The number of nitrogens with one attached hydrogen (secondary N) is 3. The van der Waals surface area contributed by atoms with Crippen LogP contribution in [0.25, 0.3) is 0 Å². The molecule has 0 saturated heterocycles. The SMILES string of the molecule is O=C(Nc1ccccc1)NC(OC(=O)Nc1ccc(Cl)c(Cl)c1)C(Cl)(Cl)Cl. The minimum Gasteiger partial charge on any atom is -0.421 e. The number of ether oxygens (including phenoxy) is 1. The van der Waals surface area contributed by atoms with Crippen molar-refractivity contribution in [3.63, 3.8) is 0 Å². The fraction of sp³-hybridized carbons (Fsp3) is 0.125. The van der Waals surface area contributed by atoms with Crippen LogP contribution >= 0.6 is 58.0 Å². The lowest BCUT2D eigenvalue weighted by Gasteiger charge is -2.25. The van der Waals surface area contributed by atoms with Crippen molar-refractivity contribution in [2.45, 2.75) is 10.0 Å². The molecule has 11 heteroatoms. The van der Waals surface area contributed by atoms with Gasteiger partial charge in [-0.05, 0) is 30.3 Å². The van der Waals surface area contributed by atoms with Crippen molar-refractivity contribution < 1.29 is 14.3 Å². The summed E-state index contributed by atoms with van der Waals surface area (Å²) in [5.74, 6) is 0. The van der Waals surface area contributed by atoms with E-state index < -0.39 is 22.1 Å². The van der Waals surface area contributed by atoms with E-state index in [2.05, 4.69) is 16.0 Å². The lowest BCUT2D eigenvalue weighted by Crippen LogP contribution is -2.48. The summed E-state index contributed by atoms with van der Waals surface area (Å²) in [6.07, 6.45) is -2.56. The molecule has 2 aromatic rings. The molecule has 0 saturated carbocycles. The smallest absolute Gasteiger partial charge is 0.413 e. The molecule has 0 aromatic heterocycles. The zero-order valence-corrected chi connectivity index (χ0v) is 17.1. The Kier molecular flexibility index (Phi) is 7.70. The summed E-state index contributed by atoms with van der Waals surface area (Å²) in [4.78, 5) is 24.1. The molecule has 0 radical (unpaired) electrons. The minimum absolute atomic E-state index is 0.229. The Labute approximate surface area is 180 Å². The van der Waals surface area contributed by atoms with E-state index in [1.165, 1.54) is 18.2 Å². The first-order valence-corrected chi connectivity index (χ1v) is 9.16. The van der Waals surface area contributed by atoms with Crippen molar-refractivity contribution in [2.75, 3.05) is 10.6 Å². The van der Waals surface area contributed by atoms with Crippen molar-refractivity contribution in [1.29, 1.82) is 0 Å². The van der Waals surface area contributed by atoms with Crippen molar-refractivity contribution in [3.8, 4) is 0 Å². The maximum absolute atomic E-state index is 12.0. The second-order valence-electron chi connectivity index (χ2n) is 5.05. The molecule has 0 bridgehead atoms. The fourth-order valence-electron chi connectivity index (χ4n) is 1.81. The molecular formula is C16H12Cl5N3O3. The van der Waals surface area contributed by atoms with Crippen LogP contribution in [-0.2, 0) is 4.74 Å². The highest BCUT2D eigenvalue weighted by molar-refractivity contribution is 6.68. The normalized spacial score (nSPS) is 12.0. The zero-order chi connectivity index (χ0) is 20.0. The Bertz CT molecular complexity index is 815. The molecule has 0 aliphatic rings. The maximum Gasteiger partial charge on any atom is 0.413 e. The molecule has 0 aliphatic carbocycles. The van der Waals surface area contributed by atoms with Crippen LogP contribution in [0.5, 0.6) is 0 Å². The van der Waals surface area contributed by atoms with Crippen molar-refractivity contribution in [1.82, 2.24) is 5.32 Å². The van der Waals surface area contributed by atoms with Crippen LogP contribution in [0.15, 0.2) is 48.5 Å². The number of urea groups is 1. The van der Waals surface area contributed by atoms with Gasteiger partial charge in [0.15, 0.2) is 0 Å². The molecule has 0 fully saturated rings. The van der Waals surface area contributed by atoms with E-state index in [0.29, 0.717) is 16.4 Å². The largest absolute Gasteiger partial charge is 0.421 e. The summed E-state index contributed by atoms with van der Waals surface area (Å²) in [5, 5.41) is 7.70. The van der Waals surface area contributed by atoms with E-state index in [1.54, 1.807) is 30.3 Å². The number of hydrogen-bond donors (Lipinski definition) is 3. The topological polar surface area (TPSA) is 79.5 Å². The van der Waals surface area contributed by atoms with Gasteiger partial charge in [0.2, 0.25) is 10.0 Å². The monoisotopic (exact) mass is 469 g/mol. The van der Waals surface area contributed by atoms with Crippen LogP contribution in [0.3, 0.4) is 0 Å². The summed E-state index contributed by atoms with van der Waals surface area (Å²) >= 11 is 29.0. The molecule has 0 heterocycles. The first-order chi connectivity index (χ1) is 12.6. The summed E-state index contributed by atoms with van der Waals surface area (Å²) in [6.45, 7) is 0. The number of rotatable bonds is 4. The van der Waals surface area contributed by atoms with Gasteiger partial charge in [-0.15, -0.1) is 0 Å². The number of benzene rings is 2. The average Bonchev–Trinajstić information content (AvgIpc) is 2.57. The second kappa shape index (κ2) is 9.57. The fourth-order valence-corrected chi connectivity index (χ4v) is 2.41. The van der Waals surface area contributed by atoms with Crippen LogP contribution in [0.2, 0.25) is 10.0 Å². The number of para-hydroxylation sites is 1. The van der Waals surface area contributed by atoms with Gasteiger partial charge in [-0.1, -0.05) is 76.2 Å². The zero-order valence-electron chi connectivity index (χ0n) is 13.3. The third-order valence-corrected chi connectivity index (χ3v) is 4.32. The number of amides is 3. The van der Waals surface area contributed by atoms with Gasteiger partial charge in [0.05, 0.1) is 10.0 Å². The summed E-state index contributed by atoms with van der Waals surface area (Å²) in [6, 6.07) is 12.2. The first-order valence-electron chi connectivity index (χ1n) is 7.27. The maximum atomic E-state index is 12.0. The van der Waals surface area contributed by atoms with Gasteiger partial charge in [0.1, 0.15) is 0 Å². The molecule has 0 spiro atoms. The number of anilines is 2. The van der Waals surface area contributed by atoms with Crippen molar-refractivity contribution >= 4 is 81.5 Å². The van der Waals surface area contributed by atoms with E-state index in [-0.39, 0.29) is 5.02 Å². The minimum atomic E-state index is -2.12.